The lowest BCUT2D eigenvalue weighted by molar-refractivity contribution is 0.627. The van der Waals surface area contributed by atoms with E-state index in [2.05, 4.69) is 25.8 Å². The molecule has 0 spiro atoms. The zero-order valence-corrected chi connectivity index (χ0v) is 9.29. The third-order valence-corrected chi connectivity index (χ3v) is 2.50. The van der Waals surface area contributed by atoms with Crippen LogP contribution in [0.5, 0.6) is 0 Å². The van der Waals surface area contributed by atoms with E-state index in [1.54, 1.807) is 29.0 Å². The van der Waals surface area contributed by atoms with Crippen LogP contribution in [0.3, 0.4) is 0 Å². The summed E-state index contributed by atoms with van der Waals surface area (Å²) in [4.78, 5) is 4.03. The van der Waals surface area contributed by atoms with E-state index in [0.29, 0.717) is 18.0 Å². The summed E-state index contributed by atoms with van der Waals surface area (Å²) in [6.07, 6.45) is 3.20. The number of hydrogen-bond acceptors (Lipinski definition) is 5. The summed E-state index contributed by atoms with van der Waals surface area (Å²) >= 11 is 0. The van der Waals surface area contributed by atoms with E-state index in [0.717, 1.165) is 5.56 Å². The average molecular weight is 244 g/mol. The summed E-state index contributed by atoms with van der Waals surface area (Å²) < 4.78 is 14.3. The molecule has 0 aliphatic carbocycles. The van der Waals surface area contributed by atoms with Gasteiger partial charge in [0.1, 0.15) is 5.82 Å². The minimum absolute atomic E-state index is 0.247. The monoisotopic (exact) mass is 244 g/mol. The van der Waals surface area contributed by atoms with Gasteiger partial charge in [-0.05, 0) is 28.1 Å². The third-order valence-electron chi connectivity index (χ3n) is 2.50. The highest BCUT2D eigenvalue weighted by molar-refractivity contribution is 5.44. The first-order valence-corrected chi connectivity index (χ1v) is 5.33. The van der Waals surface area contributed by atoms with Gasteiger partial charge in [0.25, 0.3) is 0 Å². The van der Waals surface area contributed by atoms with Crippen molar-refractivity contribution in [2.45, 2.75) is 6.54 Å². The van der Waals surface area contributed by atoms with Crippen LogP contribution in [-0.4, -0.2) is 25.0 Å². The molecule has 18 heavy (non-hydrogen) atoms. The smallest absolute Gasteiger partial charge is 0.199 e. The first kappa shape index (κ1) is 10.6. The number of tetrazole rings is 1. The van der Waals surface area contributed by atoms with E-state index < -0.39 is 0 Å². The van der Waals surface area contributed by atoms with Gasteiger partial charge in [0, 0.05) is 6.54 Å². The number of fused-ring (bicyclic) bond motifs is 1. The van der Waals surface area contributed by atoms with Gasteiger partial charge in [-0.3, -0.25) is 4.98 Å². The fraction of sp³-hybridized carbons (Fsp3) is 0.0909. The second-order valence-electron chi connectivity index (χ2n) is 3.72. The lowest BCUT2D eigenvalue weighted by atomic mass is 10.2. The van der Waals surface area contributed by atoms with E-state index in [-0.39, 0.29) is 5.82 Å². The minimum atomic E-state index is -0.247. The molecular formula is C11H9FN6. The molecule has 0 saturated heterocycles. The van der Waals surface area contributed by atoms with Gasteiger partial charge >= 0.3 is 0 Å². The molecule has 0 aliphatic heterocycles. The van der Waals surface area contributed by atoms with Crippen molar-refractivity contribution in [1.29, 1.82) is 0 Å². The maximum atomic E-state index is 12.8. The van der Waals surface area contributed by atoms with Crippen molar-refractivity contribution >= 4 is 11.5 Å². The Labute approximate surface area is 101 Å². The molecule has 3 rings (SSSR count). The molecular weight excluding hydrogens is 235 g/mol. The average Bonchev–Trinajstić information content (AvgIpc) is 2.87. The Balaban J connectivity index is 1.80. The molecule has 6 nitrogen and oxygen atoms in total. The molecule has 0 bridgehead atoms. The fourth-order valence-corrected chi connectivity index (χ4v) is 1.59. The Hall–Kier alpha value is -2.57. The van der Waals surface area contributed by atoms with Crippen molar-refractivity contribution in [2.24, 2.45) is 0 Å². The highest BCUT2D eigenvalue weighted by atomic mass is 19.1. The number of benzene rings is 1. The molecule has 0 atom stereocenters. The Kier molecular flexibility index (Phi) is 2.56. The molecule has 3 aromatic rings. The number of aromatic nitrogens is 5. The van der Waals surface area contributed by atoms with Gasteiger partial charge in [-0.25, -0.2) is 4.39 Å². The third kappa shape index (κ3) is 1.97. The molecule has 1 N–H and O–H groups in total. The number of hydrogen-bond donors (Lipinski definition) is 1. The lowest BCUT2D eigenvalue weighted by Crippen LogP contribution is -2.05. The van der Waals surface area contributed by atoms with Crippen LogP contribution in [0.2, 0.25) is 0 Å². The van der Waals surface area contributed by atoms with Crippen molar-refractivity contribution < 1.29 is 4.39 Å². The van der Waals surface area contributed by atoms with E-state index in [1.165, 1.54) is 12.1 Å². The highest BCUT2D eigenvalue weighted by Gasteiger charge is 2.03. The molecule has 0 aliphatic rings. The summed E-state index contributed by atoms with van der Waals surface area (Å²) in [6.45, 7) is 0.543. The number of anilines is 1. The lowest BCUT2D eigenvalue weighted by Gasteiger charge is -2.06. The molecule has 90 valence electrons. The Morgan fingerprint density at radius 3 is 2.83 bits per heavy atom. The van der Waals surface area contributed by atoms with Crippen LogP contribution in [0.4, 0.5) is 10.2 Å². The van der Waals surface area contributed by atoms with E-state index in [9.17, 15) is 4.39 Å². The van der Waals surface area contributed by atoms with E-state index in [4.69, 9.17) is 0 Å². The van der Waals surface area contributed by atoms with Gasteiger partial charge in [-0.2, -0.15) is 4.52 Å². The molecule has 0 saturated carbocycles. The van der Waals surface area contributed by atoms with Crippen LogP contribution in [0, 0.1) is 5.82 Å². The zero-order chi connectivity index (χ0) is 12.4. The predicted molar refractivity (Wildman–Crippen MR) is 62.3 cm³/mol. The first-order chi connectivity index (χ1) is 8.83. The standard InChI is InChI=1S/C11H9FN6/c12-9-3-1-8(2-4-9)5-14-10-6-13-7-11-15-16-17-18(10)11/h1-4,6-7,14H,5H2. The fourth-order valence-electron chi connectivity index (χ4n) is 1.59. The summed E-state index contributed by atoms with van der Waals surface area (Å²) in [7, 11) is 0. The van der Waals surface area contributed by atoms with Crippen molar-refractivity contribution in [3.05, 3.63) is 48.0 Å². The van der Waals surface area contributed by atoms with Crippen LogP contribution in [0.1, 0.15) is 5.56 Å². The largest absolute Gasteiger partial charge is 0.365 e. The molecule has 2 heterocycles. The maximum Gasteiger partial charge on any atom is 0.199 e. The summed E-state index contributed by atoms with van der Waals surface area (Å²) in [5.74, 6) is 0.435. The maximum absolute atomic E-state index is 12.8. The molecule has 7 heteroatoms. The quantitative estimate of drug-likeness (QED) is 0.751. The van der Waals surface area contributed by atoms with Gasteiger partial charge in [0.15, 0.2) is 11.5 Å². The van der Waals surface area contributed by atoms with Crippen LogP contribution >= 0.6 is 0 Å². The highest BCUT2D eigenvalue weighted by Crippen LogP contribution is 2.09. The van der Waals surface area contributed by atoms with Crippen LogP contribution in [0.15, 0.2) is 36.7 Å². The van der Waals surface area contributed by atoms with Crippen LogP contribution in [-0.2, 0) is 6.54 Å². The molecule has 1 aromatic carbocycles. The Morgan fingerprint density at radius 1 is 1.17 bits per heavy atom. The van der Waals surface area contributed by atoms with Crippen molar-refractivity contribution in [3.8, 4) is 0 Å². The Morgan fingerprint density at radius 2 is 2.00 bits per heavy atom. The summed E-state index contributed by atoms with van der Waals surface area (Å²) in [5.41, 5.74) is 1.53. The van der Waals surface area contributed by atoms with Crippen LogP contribution in [0.25, 0.3) is 5.65 Å². The molecule has 0 radical (unpaired) electrons. The Bertz CT molecular complexity index is 663. The normalized spacial score (nSPS) is 10.7. The number of nitrogens with zero attached hydrogens (tertiary/aromatic N) is 5. The van der Waals surface area contributed by atoms with Gasteiger partial charge in [-0.15, -0.1) is 5.10 Å². The second-order valence-corrected chi connectivity index (χ2v) is 3.72. The van der Waals surface area contributed by atoms with Gasteiger partial charge in [-0.1, -0.05) is 12.1 Å². The number of rotatable bonds is 3. The van der Waals surface area contributed by atoms with Crippen LogP contribution < -0.4 is 5.32 Å². The zero-order valence-electron chi connectivity index (χ0n) is 9.29. The second kappa shape index (κ2) is 4.36. The number of halogens is 1. The predicted octanol–water partition coefficient (Wildman–Crippen LogP) is 1.27. The summed E-state index contributed by atoms with van der Waals surface area (Å²) in [5, 5.41) is 14.3. The number of nitrogens with one attached hydrogen (secondary N) is 1. The summed E-state index contributed by atoms with van der Waals surface area (Å²) in [6, 6.07) is 6.28. The molecule has 0 unspecified atom stereocenters. The van der Waals surface area contributed by atoms with Crippen molar-refractivity contribution in [3.63, 3.8) is 0 Å². The first-order valence-electron chi connectivity index (χ1n) is 5.33. The SMILES string of the molecule is Fc1ccc(CNc2cncc3nnnn23)cc1. The van der Waals surface area contributed by atoms with Gasteiger partial charge in [0.2, 0.25) is 0 Å². The topological polar surface area (TPSA) is 68.0 Å². The van der Waals surface area contributed by atoms with Crippen molar-refractivity contribution in [2.75, 3.05) is 5.32 Å². The van der Waals surface area contributed by atoms with Crippen molar-refractivity contribution in [1.82, 2.24) is 25.0 Å². The van der Waals surface area contributed by atoms with Gasteiger partial charge < -0.3 is 5.32 Å². The van der Waals surface area contributed by atoms with E-state index >= 15 is 0 Å². The van der Waals surface area contributed by atoms with Gasteiger partial charge in [0.05, 0.1) is 12.4 Å². The minimum Gasteiger partial charge on any atom is -0.365 e. The molecule has 0 fully saturated rings. The molecule has 2 aromatic heterocycles. The van der Waals surface area contributed by atoms with E-state index in [1.807, 2.05) is 0 Å². The molecule has 0 amide bonds.